The third-order valence-electron chi connectivity index (χ3n) is 5.74. The molecule has 0 atom stereocenters. The van der Waals surface area contributed by atoms with Gasteiger partial charge in [0.15, 0.2) is 0 Å². The predicted octanol–water partition coefficient (Wildman–Crippen LogP) is 4.82. The van der Waals surface area contributed by atoms with Gasteiger partial charge in [0.05, 0.1) is 0 Å². The topological polar surface area (TPSA) is 37.3 Å². The fourth-order valence-electron chi connectivity index (χ4n) is 4.30. The minimum Gasteiger partial charge on any atom is -0.334 e. The van der Waals surface area contributed by atoms with Crippen molar-refractivity contribution in [2.45, 2.75) is 39.2 Å². The van der Waals surface area contributed by atoms with Gasteiger partial charge in [-0.05, 0) is 56.7 Å². The molecule has 1 aliphatic rings. The van der Waals surface area contributed by atoms with Crippen LogP contribution in [0.1, 0.15) is 48.8 Å². The number of hydrogen-bond donors (Lipinski definition) is 1. The Morgan fingerprint density at radius 2 is 1.71 bits per heavy atom. The monoisotopic (exact) mass is 375 g/mol. The highest BCUT2D eigenvalue weighted by Crippen LogP contribution is 2.25. The summed E-state index contributed by atoms with van der Waals surface area (Å²) in [6.45, 7) is 6.06. The van der Waals surface area contributed by atoms with Gasteiger partial charge in [-0.15, -0.1) is 0 Å². The molecule has 2 aromatic carbocycles. The summed E-state index contributed by atoms with van der Waals surface area (Å²) in [5.74, 6) is 0.684. The van der Waals surface area contributed by atoms with E-state index in [2.05, 4.69) is 71.3 Å². The Balaban J connectivity index is 1.40. The van der Waals surface area contributed by atoms with E-state index < -0.39 is 0 Å². The lowest BCUT2D eigenvalue weighted by molar-refractivity contribution is 0.0692. The molecule has 1 amide bonds. The molecule has 0 spiro atoms. The van der Waals surface area contributed by atoms with Crippen molar-refractivity contribution in [3.63, 3.8) is 0 Å². The van der Waals surface area contributed by atoms with Gasteiger partial charge in [-0.2, -0.15) is 0 Å². The summed E-state index contributed by atoms with van der Waals surface area (Å²) in [4.78, 5) is 13.0. The molecule has 1 aliphatic heterocycles. The van der Waals surface area contributed by atoms with Crippen molar-refractivity contribution >= 4 is 16.8 Å². The maximum absolute atomic E-state index is 13.0. The zero-order valence-electron chi connectivity index (χ0n) is 16.8. The average molecular weight is 376 g/mol. The van der Waals surface area contributed by atoms with Crippen LogP contribution in [0, 0.1) is 5.92 Å². The first-order valence-corrected chi connectivity index (χ1v) is 10.3. The van der Waals surface area contributed by atoms with Crippen LogP contribution in [-0.2, 0) is 6.42 Å². The molecular weight excluding hydrogens is 346 g/mol. The Morgan fingerprint density at radius 3 is 2.43 bits per heavy atom. The number of rotatable bonds is 5. The lowest BCUT2D eigenvalue weighted by Gasteiger charge is -2.32. The van der Waals surface area contributed by atoms with Gasteiger partial charge in [0.1, 0.15) is 5.69 Å². The van der Waals surface area contributed by atoms with Gasteiger partial charge in [0.2, 0.25) is 0 Å². The SMILES string of the molecule is CC(C)n1c(C(=O)NN2CCC(Cc3ccccc3)CC2)cc2ccccc21. The number of benzene rings is 2. The summed E-state index contributed by atoms with van der Waals surface area (Å²) in [6.07, 6.45) is 3.36. The standard InChI is InChI=1S/C24H29N3O/c1-18(2)27-22-11-7-6-10-21(22)17-23(27)24(28)25-26-14-12-20(13-15-26)16-19-8-4-3-5-9-19/h3-11,17-18,20H,12-16H2,1-2H3,(H,25,28). The van der Waals surface area contributed by atoms with E-state index in [1.54, 1.807) is 0 Å². The van der Waals surface area contributed by atoms with Crippen molar-refractivity contribution in [2.24, 2.45) is 5.92 Å². The first-order chi connectivity index (χ1) is 13.6. The van der Waals surface area contributed by atoms with E-state index >= 15 is 0 Å². The third-order valence-corrected chi connectivity index (χ3v) is 5.74. The summed E-state index contributed by atoms with van der Waals surface area (Å²) in [6, 6.07) is 21.1. The molecule has 28 heavy (non-hydrogen) atoms. The van der Waals surface area contributed by atoms with Gasteiger partial charge in [-0.1, -0.05) is 48.5 Å². The minimum absolute atomic E-state index is 0.00795. The maximum atomic E-state index is 13.0. The molecule has 1 aromatic heterocycles. The predicted molar refractivity (Wildman–Crippen MR) is 114 cm³/mol. The van der Waals surface area contributed by atoms with Crippen LogP contribution in [0.2, 0.25) is 0 Å². The van der Waals surface area contributed by atoms with Gasteiger partial charge in [-0.3, -0.25) is 10.2 Å². The van der Waals surface area contributed by atoms with Crippen molar-refractivity contribution in [1.29, 1.82) is 0 Å². The second-order valence-electron chi connectivity index (χ2n) is 8.11. The lowest BCUT2D eigenvalue weighted by atomic mass is 9.91. The van der Waals surface area contributed by atoms with Gasteiger partial charge in [0.25, 0.3) is 5.91 Å². The number of nitrogens with one attached hydrogen (secondary N) is 1. The molecule has 1 N–H and O–H groups in total. The first kappa shape index (κ1) is 18.8. The minimum atomic E-state index is -0.00795. The number of aromatic nitrogens is 1. The molecule has 0 bridgehead atoms. The number of carbonyl (C=O) groups excluding carboxylic acids is 1. The fourth-order valence-corrected chi connectivity index (χ4v) is 4.30. The second-order valence-corrected chi connectivity index (χ2v) is 8.11. The Kier molecular flexibility index (Phi) is 5.49. The normalized spacial score (nSPS) is 16.0. The lowest BCUT2D eigenvalue weighted by Crippen LogP contribution is -2.47. The Labute approximate surface area is 167 Å². The number of piperidine rings is 1. The van der Waals surface area contributed by atoms with E-state index in [1.165, 1.54) is 5.56 Å². The molecule has 0 radical (unpaired) electrons. The third kappa shape index (κ3) is 3.97. The van der Waals surface area contributed by atoms with Crippen molar-refractivity contribution in [3.05, 3.63) is 71.9 Å². The molecule has 0 aliphatic carbocycles. The van der Waals surface area contributed by atoms with Crippen LogP contribution in [-0.4, -0.2) is 28.6 Å². The van der Waals surface area contributed by atoms with Gasteiger partial charge in [0, 0.05) is 30.0 Å². The molecular formula is C24H29N3O. The van der Waals surface area contributed by atoms with Gasteiger partial charge < -0.3 is 4.57 Å². The summed E-state index contributed by atoms with van der Waals surface area (Å²) in [7, 11) is 0. The van der Waals surface area contributed by atoms with Crippen LogP contribution in [0.4, 0.5) is 0 Å². The number of carbonyl (C=O) groups is 1. The van der Waals surface area contributed by atoms with Crippen LogP contribution in [0.3, 0.4) is 0 Å². The largest absolute Gasteiger partial charge is 0.334 e. The number of amides is 1. The maximum Gasteiger partial charge on any atom is 0.282 e. The van der Waals surface area contributed by atoms with E-state index in [-0.39, 0.29) is 11.9 Å². The smallest absolute Gasteiger partial charge is 0.282 e. The molecule has 4 rings (SSSR count). The Morgan fingerprint density at radius 1 is 1.04 bits per heavy atom. The van der Waals surface area contributed by atoms with Crippen LogP contribution in [0.15, 0.2) is 60.7 Å². The van der Waals surface area contributed by atoms with Crippen LogP contribution in [0.5, 0.6) is 0 Å². The van der Waals surface area contributed by atoms with Gasteiger partial charge in [-0.25, -0.2) is 5.01 Å². The quantitative estimate of drug-likeness (QED) is 0.694. The molecule has 4 heteroatoms. The molecule has 1 saturated heterocycles. The highest BCUT2D eigenvalue weighted by atomic mass is 16.2. The molecule has 3 aromatic rings. The highest BCUT2D eigenvalue weighted by molar-refractivity contribution is 5.98. The Hall–Kier alpha value is -2.59. The van der Waals surface area contributed by atoms with E-state index in [9.17, 15) is 4.79 Å². The van der Waals surface area contributed by atoms with Crippen LogP contribution >= 0.6 is 0 Å². The number of hydrazine groups is 1. The average Bonchev–Trinajstić information content (AvgIpc) is 3.10. The molecule has 146 valence electrons. The molecule has 4 nitrogen and oxygen atoms in total. The number of para-hydroxylation sites is 1. The summed E-state index contributed by atoms with van der Waals surface area (Å²) in [5, 5.41) is 3.20. The zero-order valence-corrected chi connectivity index (χ0v) is 16.8. The van der Waals surface area contributed by atoms with Crippen LogP contribution in [0.25, 0.3) is 10.9 Å². The summed E-state index contributed by atoms with van der Waals surface area (Å²) >= 11 is 0. The Bertz CT molecular complexity index is 937. The van der Waals surface area contributed by atoms with Crippen molar-refractivity contribution < 1.29 is 4.79 Å². The zero-order chi connectivity index (χ0) is 19.5. The van der Waals surface area contributed by atoms with Crippen molar-refractivity contribution in [2.75, 3.05) is 13.1 Å². The number of nitrogens with zero attached hydrogens (tertiary/aromatic N) is 2. The summed E-state index contributed by atoms with van der Waals surface area (Å²) in [5.41, 5.74) is 6.41. The molecule has 2 heterocycles. The van der Waals surface area contributed by atoms with Gasteiger partial charge >= 0.3 is 0 Å². The van der Waals surface area contributed by atoms with E-state index in [4.69, 9.17) is 0 Å². The fraction of sp³-hybridized carbons (Fsp3) is 0.375. The number of fused-ring (bicyclic) bond motifs is 1. The summed E-state index contributed by atoms with van der Waals surface area (Å²) < 4.78 is 2.13. The van der Waals surface area contributed by atoms with E-state index in [1.807, 2.05) is 18.2 Å². The molecule has 1 fully saturated rings. The van der Waals surface area contributed by atoms with E-state index in [0.717, 1.165) is 48.9 Å². The van der Waals surface area contributed by atoms with E-state index in [0.29, 0.717) is 5.92 Å². The first-order valence-electron chi connectivity index (χ1n) is 10.3. The van der Waals surface area contributed by atoms with Crippen molar-refractivity contribution in [3.8, 4) is 0 Å². The molecule has 0 unspecified atom stereocenters. The van der Waals surface area contributed by atoms with Crippen LogP contribution < -0.4 is 5.43 Å². The molecule has 0 saturated carbocycles. The number of hydrogen-bond acceptors (Lipinski definition) is 2. The van der Waals surface area contributed by atoms with Crippen molar-refractivity contribution in [1.82, 2.24) is 15.0 Å². The second kappa shape index (κ2) is 8.19. The highest BCUT2D eigenvalue weighted by Gasteiger charge is 2.23.